The summed E-state index contributed by atoms with van der Waals surface area (Å²) in [5, 5.41) is 24.6. The summed E-state index contributed by atoms with van der Waals surface area (Å²) >= 11 is 0. The fraction of sp³-hybridized carbons (Fsp3) is 0.370. The lowest BCUT2D eigenvalue weighted by Gasteiger charge is -2.35. The molecular formula is C27H29F3N10O3. The van der Waals surface area contributed by atoms with Crippen LogP contribution in [0, 0.1) is 6.92 Å². The molecule has 16 heteroatoms. The van der Waals surface area contributed by atoms with Gasteiger partial charge >= 0.3 is 12.2 Å². The normalized spacial score (nSPS) is 19.2. The number of β-amino-alcohol motifs (C(OH)–C–C–N with tert-alkyl or cyclic N) is 1. The Hall–Kier alpha value is -4.70. The third-order valence-electron chi connectivity index (χ3n) is 7.68. The van der Waals surface area contributed by atoms with Crippen LogP contribution >= 0.6 is 0 Å². The zero-order chi connectivity index (χ0) is 30.3. The van der Waals surface area contributed by atoms with E-state index >= 15 is 0 Å². The highest BCUT2D eigenvalue weighted by molar-refractivity contribution is 5.96. The highest BCUT2D eigenvalue weighted by Crippen LogP contribution is 2.36. The number of imidazole rings is 1. The van der Waals surface area contributed by atoms with Crippen LogP contribution in [0.25, 0.3) is 16.9 Å². The number of aromatic amines is 1. The molecule has 6 rings (SSSR count). The molecule has 3 amide bonds. The molecular weight excluding hydrogens is 569 g/mol. The van der Waals surface area contributed by atoms with E-state index in [1.165, 1.54) is 29.2 Å². The van der Waals surface area contributed by atoms with Gasteiger partial charge in [0.1, 0.15) is 0 Å². The van der Waals surface area contributed by atoms with Gasteiger partial charge in [-0.15, -0.1) is 0 Å². The van der Waals surface area contributed by atoms with Crippen molar-refractivity contribution in [2.75, 3.05) is 44.6 Å². The van der Waals surface area contributed by atoms with Crippen molar-refractivity contribution >= 4 is 29.1 Å². The molecule has 2 aliphatic heterocycles. The minimum atomic E-state index is -4.63. The van der Waals surface area contributed by atoms with E-state index in [0.29, 0.717) is 67.5 Å². The molecule has 13 nitrogen and oxygen atoms in total. The number of H-pyrrole nitrogens is 1. The Bertz CT molecular complexity index is 1660. The van der Waals surface area contributed by atoms with Gasteiger partial charge in [0.25, 0.3) is 5.91 Å². The number of hydrogen-bond donors (Lipinski definition) is 5. The first-order chi connectivity index (χ1) is 20.6. The number of hydrogen-bond acceptors (Lipinski definition) is 8. The fourth-order valence-corrected chi connectivity index (χ4v) is 5.37. The van der Waals surface area contributed by atoms with Gasteiger partial charge in [-0.1, -0.05) is 0 Å². The van der Waals surface area contributed by atoms with Crippen LogP contribution in [0.1, 0.15) is 21.6 Å². The highest BCUT2D eigenvalue weighted by Gasteiger charge is 2.37. The molecule has 0 aliphatic carbocycles. The number of carbonyl (C=O) groups excluding carboxylic acids is 2. The standard InChI is InChI=1S/C27H29F3N10O3/c1-15-10-16(35-23-24-33-13-20(40(24)5-4-32-23)18-11-34-37-22(18)27(28,29)30)2-3-17(15)25(42)38-6-8-39(9-7-38)26(43)36-19-12-31-14-21(19)41/h2-5,10-11,13,19,21,31,41H,6-9,12,14H2,1H3,(H,32,35)(H,34,37)(H,36,43)/t19-,21-/m1/s1. The number of halogens is 3. The van der Waals surface area contributed by atoms with Crippen LogP contribution in [-0.2, 0) is 6.18 Å². The zero-order valence-corrected chi connectivity index (χ0v) is 23.0. The molecule has 0 radical (unpaired) electrons. The Kier molecular flexibility index (Phi) is 7.39. The number of nitrogens with zero attached hydrogens (tertiary/aromatic N) is 6. The Balaban J connectivity index is 1.12. The van der Waals surface area contributed by atoms with Crippen LogP contribution in [0.5, 0.6) is 0 Å². The monoisotopic (exact) mass is 598 g/mol. The number of benzene rings is 1. The van der Waals surface area contributed by atoms with Gasteiger partial charge < -0.3 is 30.9 Å². The average Bonchev–Trinajstić information content (AvgIpc) is 3.73. The molecule has 0 unspecified atom stereocenters. The van der Waals surface area contributed by atoms with E-state index in [9.17, 15) is 27.9 Å². The summed E-state index contributed by atoms with van der Waals surface area (Å²) in [5.41, 5.74) is 1.17. The summed E-state index contributed by atoms with van der Waals surface area (Å²) in [4.78, 5) is 37.8. The number of piperazine rings is 1. The SMILES string of the molecule is Cc1cc(Nc2nccn3c(-c4c[nH]nc4C(F)(F)F)cnc23)ccc1C(=O)N1CCN(C(=O)N[C@@H]2CNC[C@H]2O)CC1. The van der Waals surface area contributed by atoms with Crippen molar-refractivity contribution in [3.63, 3.8) is 0 Å². The minimum absolute atomic E-state index is 0.137. The minimum Gasteiger partial charge on any atom is -0.390 e. The smallest absolute Gasteiger partial charge is 0.390 e. The second-order valence-electron chi connectivity index (χ2n) is 10.5. The van der Waals surface area contributed by atoms with Crippen LogP contribution in [0.3, 0.4) is 0 Å². The number of rotatable bonds is 5. The van der Waals surface area contributed by atoms with Crippen LogP contribution in [-0.4, -0.2) is 103 Å². The number of alkyl halides is 3. The lowest BCUT2D eigenvalue weighted by Crippen LogP contribution is -2.56. The molecule has 1 aromatic carbocycles. The Morgan fingerprint density at radius 2 is 1.86 bits per heavy atom. The van der Waals surface area contributed by atoms with E-state index in [1.807, 2.05) is 6.92 Å². The van der Waals surface area contributed by atoms with Crippen LogP contribution in [0.2, 0.25) is 0 Å². The third kappa shape index (κ3) is 5.58. The molecule has 5 N–H and O–H groups in total. The van der Waals surface area contributed by atoms with Gasteiger partial charge in [0, 0.05) is 69.1 Å². The fourth-order valence-electron chi connectivity index (χ4n) is 5.37. The van der Waals surface area contributed by atoms with E-state index in [4.69, 9.17) is 0 Å². The molecule has 0 spiro atoms. The molecule has 0 saturated carbocycles. The van der Waals surface area contributed by atoms with Crippen LogP contribution in [0.15, 0.2) is 43.0 Å². The summed E-state index contributed by atoms with van der Waals surface area (Å²) < 4.78 is 41.8. The molecule has 3 aromatic heterocycles. The highest BCUT2D eigenvalue weighted by atomic mass is 19.4. The summed E-state index contributed by atoms with van der Waals surface area (Å²) in [6.07, 6.45) is 0.208. The van der Waals surface area contributed by atoms with E-state index in [0.717, 1.165) is 0 Å². The predicted octanol–water partition coefficient (Wildman–Crippen LogP) is 1.99. The van der Waals surface area contributed by atoms with E-state index in [-0.39, 0.29) is 29.2 Å². The number of urea groups is 1. The Labute approximate surface area is 243 Å². The number of aryl methyl sites for hydroxylation is 1. The molecule has 4 aromatic rings. The van der Waals surface area contributed by atoms with Gasteiger partial charge in [-0.3, -0.25) is 14.3 Å². The lowest BCUT2D eigenvalue weighted by molar-refractivity contribution is -0.140. The van der Waals surface area contributed by atoms with E-state index in [1.54, 1.807) is 28.0 Å². The van der Waals surface area contributed by atoms with Gasteiger partial charge in [-0.25, -0.2) is 14.8 Å². The largest absolute Gasteiger partial charge is 0.435 e. The van der Waals surface area contributed by atoms with Gasteiger partial charge in [0.2, 0.25) is 0 Å². The second-order valence-corrected chi connectivity index (χ2v) is 10.5. The first kappa shape index (κ1) is 28.4. The predicted molar refractivity (Wildman–Crippen MR) is 149 cm³/mol. The number of amides is 3. The van der Waals surface area contributed by atoms with Crippen molar-refractivity contribution in [3.05, 3.63) is 59.8 Å². The molecule has 0 bridgehead atoms. The number of anilines is 2. The van der Waals surface area contributed by atoms with E-state index in [2.05, 4.69) is 36.1 Å². The first-order valence-corrected chi connectivity index (χ1v) is 13.6. The van der Waals surface area contributed by atoms with Gasteiger partial charge in [0.05, 0.1) is 29.6 Å². The quantitative estimate of drug-likeness (QED) is 0.234. The van der Waals surface area contributed by atoms with Crippen molar-refractivity contribution in [2.45, 2.75) is 25.2 Å². The number of aromatic nitrogens is 5. The van der Waals surface area contributed by atoms with Crippen LogP contribution in [0.4, 0.5) is 29.5 Å². The third-order valence-corrected chi connectivity index (χ3v) is 7.68. The number of aliphatic hydroxyl groups excluding tert-OH is 1. The summed E-state index contributed by atoms with van der Waals surface area (Å²) in [6.45, 7) is 4.25. The topological polar surface area (TPSA) is 156 Å². The van der Waals surface area contributed by atoms with E-state index < -0.39 is 18.0 Å². The second kappa shape index (κ2) is 11.2. The van der Waals surface area contributed by atoms with Crippen molar-refractivity contribution < 1.29 is 27.9 Å². The van der Waals surface area contributed by atoms with Crippen molar-refractivity contribution in [1.29, 1.82) is 0 Å². The van der Waals surface area contributed by atoms with Gasteiger partial charge in [-0.05, 0) is 30.7 Å². The summed E-state index contributed by atoms with van der Waals surface area (Å²) in [7, 11) is 0. The molecule has 5 heterocycles. The van der Waals surface area contributed by atoms with Crippen LogP contribution < -0.4 is 16.0 Å². The van der Waals surface area contributed by atoms with Gasteiger partial charge in [0.15, 0.2) is 17.2 Å². The summed E-state index contributed by atoms with van der Waals surface area (Å²) in [5.74, 6) is 0.165. The Morgan fingerprint density at radius 3 is 2.56 bits per heavy atom. The molecule has 226 valence electrons. The maximum absolute atomic E-state index is 13.4. The molecule has 2 saturated heterocycles. The molecule has 2 aliphatic rings. The maximum atomic E-state index is 13.4. The molecule has 2 atom stereocenters. The number of nitrogens with one attached hydrogen (secondary N) is 4. The lowest BCUT2D eigenvalue weighted by atomic mass is 10.1. The molecule has 2 fully saturated rings. The Morgan fingerprint density at radius 1 is 1.09 bits per heavy atom. The number of fused-ring (bicyclic) bond motifs is 1. The van der Waals surface area contributed by atoms with Crippen molar-refractivity contribution in [3.8, 4) is 11.3 Å². The number of carbonyl (C=O) groups is 2. The maximum Gasteiger partial charge on any atom is 0.435 e. The first-order valence-electron chi connectivity index (χ1n) is 13.6. The zero-order valence-electron chi connectivity index (χ0n) is 23.0. The summed E-state index contributed by atoms with van der Waals surface area (Å²) in [6, 6.07) is 4.61. The molecule has 43 heavy (non-hydrogen) atoms. The number of aliphatic hydroxyl groups is 1. The van der Waals surface area contributed by atoms with Gasteiger partial charge in [-0.2, -0.15) is 18.3 Å². The van der Waals surface area contributed by atoms with Crippen molar-refractivity contribution in [1.82, 2.24) is 45.0 Å². The average molecular weight is 599 g/mol. The van der Waals surface area contributed by atoms with Crippen molar-refractivity contribution in [2.24, 2.45) is 0 Å².